The lowest BCUT2D eigenvalue weighted by Crippen LogP contribution is -2.46. The maximum atomic E-state index is 14.0. The van der Waals surface area contributed by atoms with E-state index in [1.54, 1.807) is 0 Å². The van der Waals surface area contributed by atoms with E-state index in [2.05, 4.69) is 5.32 Å². The minimum Gasteiger partial charge on any atom is -0.489 e. The summed E-state index contributed by atoms with van der Waals surface area (Å²) in [4.78, 5) is 26.9. The van der Waals surface area contributed by atoms with Crippen molar-refractivity contribution in [2.24, 2.45) is 0 Å². The first kappa shape index (κ1) is 29.3. The molecule has 1 N–H and O–H groups in total. The zero-order chi connectivity index (χ0) is 29.9. The van der Waals surface area contributed by atoms with E-state index in [0.29, 0.717) is 12.4 Å². The zero-order valence-corrected chi connectivity index (χ0v) is 24.2. The molecule has 0 bridgehead atoms. The SMILES string of the molecule is COC(=O)[C@@H](Cc1cccc(OCc2ccccc2)c1)NC(=O)CC(c1ccccc1)(c1ccccc1)c1ccccc1. The van der Waals surface area contributed by atoms with E-state index in [-0.39, 0.29) is 18.7 Å². The lowest BCUT2D eigenvalue weighted by atomic mass is 9.67. The molecule has 0 saturated heterocycles. The van der Waals surface area contributed by atoms with Gasteiger partial charge in [0, 0.05) is 12.8 Å². The van der Waals surface area contributed by atoms with E-state index < -0.39 is 17.4 Å². The van der Waals surface area contributed by atoms with E-state index >= 15 is 0 Å². The Kier molecular flexibility index (Phi) is 9.65. The Morgan fingerprint density at radius 3 is 1.65 bits per heavy atom. The lowest BCUT2D eigenvalue weighted by molar-refractivity contribution is -0.145. The van der Waals surface area contributed by atoms with Crippen LogP contribution in [0.1, 0.15) is 34.2 Å². The van der Waals surface area contributed by atoms with Crippen molar-refractivity contribution in [2.45, 2.75) is 30.9 Å². The second-order valence-electron chi connectivity index (χ2n) is 10.4. The average Bonchev–Trinajstić information content (AvgIpc) is 3.07. The highest BCUT2D eigenvalue weighted by Crippen LogP contribution is 2.42. The number of ether oxygens (including phenoxy) is 2. The molecule has 0 aromatic heterocycles. The van der Waals surface area contributed by atoms with Gasteiger partial charge in [0.05, 0.1) is 12.5 Å². The van der Waals surface area contributed by atoms with Gasteiger partial charge < -0.3 is 14.8 Å². The van der Waals surface area contributed by atoms with Gasteiger partial charge >= 0.3 is 5.97 Å². The number of carbonyl (C=O) groups is 2. The van der Waals surface area contributed by atoms with E-state index in [4.69, 9.17) is 9.47 Å². The van der Waals surface area contributed by atoms with Crippen LogP contribution in [0.15, 0.2) is 146 Å². The normalized spacial score (nSPS) is 11.7. The third kappa shape index (κ3) is 7.19. The highest BCUT2D eigenvalue weighted by Gasteiger charge is 2.39. The molecule has 5 aromatic carbocycles. The molecule has 1 amide bonds. The third-order valence-corrected chi connectivity index (χ3v) is 7.63. The number of esters is 1. The zero-order valence-electron chi connectivity index (χ0n) is 24.2. The molecular weight excluding hydrogens is 534 g/mol. The van der Waals surface area contributed by atoms with Crippen molar-refractivity contribution < 1.29 is 19.1 Å². The van der Waals surface area contributed by atoms with Crippen LogP contribution < -0.4 is 10.1 Å². The molecule has 5 nitrogen and oxygen atoms in total. The lowest BCUT2D eigenvalue weighted by Gasteiger charge is -2.36. The summed E-state index contributed by atoms with van der Waals surface area (Å²) in [7, 11) is 1.34. The number of methoxy groups -OCH3 is 1. The monoisotopic (exact) mass is 569 g/mol. The van der Waals surface area contributed by atoms with Gasteiger partial charge in [0.25, 0.3) is 0 Å². The Hall–Kier alpha value is -5.16. The standard InChI is InChI=1S/C38H35NO4/c1-42-37(41)35(26-30-17-14-24-34(25-30)43-28-29-15-6-2-7-16-29)39-36(40)27-38(31-18-8-3-9-19-31,32-20-10-4-11-21-32)33-22-12-5-13-23-33/h2-25,35H,26-28H2,1H3,(H,39,40)/t35-/m1/s1. The summed E-state index contributed by atoms with van der Waals surface area (Å²) < 4.78 is 11.1. The molecule has 5 heteroatoms. The largest absolute Gasteiger partial charge is 0.489 e. The van der Waals surface area contributed by atoms with Gasteiger partial charge in [-0.2, -0.15) is 0 Å². The van der Waals surface area contributed by atoms with Gasteiger partial charge in [0.15, 0.2) is 0 Å². The van der Waals surface area contributed by atoms with Gasteiger partial charge in [-0.15, -0.1) is 0 Å². The first-order chi connectivity index (χ1) is 21.1. The predicted octanol–water partition coefficient (Wildman–Crippen LogP) is 6.89. The molecule has 0 saturated carbocycles. The molecule has 216 valence electrons. The fourth-order valence-corrected chi connectivity index (χ4v) is 5.53. The number of benzene rings is 5. The van der Waals surface area contributed by atoms with Crippen molar-refractivity contribution in [3.63, 3.8) is 0 Å². The van der Waals surface area contributed by atoms with Crippen LogP contribution in [-0.4, -0.2) is 25.0 Å². The van der Waals surface area contributed by atoms with Crippen molar-refractivity contribution in [3.05, 3.63) is 173 Å². The molecule has 5 rings (SSSR count). The van der Waals surface area contributed by atoms with E-state index in [1.807, 2.05) is 146 Å². The van der Waals surface area contributed by atoms with Crippen molar-refractivity contribution in [2.75, 3.05) is 7.11 Å². The first-order valence-electron chi connectivity index (χ1n) is 14.4. The quantitative estimate of drug-likeness (QED) is 0.131. The predicted molar refractivity (Wildman–Crippen MR) is 169 cm³/mol. The summed E-state index contributed by atoms with van der Waals surface area (Å²) in [6.07, 6.45) is 0.356. The van der Waals surface area contributed by atoms with E-state index in [0.717, 1.165) is 27.8 Å². The maximum Gasteiger partial charge on any atom is 0.328 e. The average molecular weight is 570 g/mol. The second-order valence-corrected chi connectivity index (χ2v) is 10.4. The number of nitrogens with one attached hydrogen (secondary N) is 1. The Bertz CT molecular complexity index is 1510. The van der Waals surface area contributed by atoms with Gasteiger partial charge in [-0.3, -0.25) is 4.79 Å². The summed E-state index contributed by atoms with van der Waals surface area (Å²) in [5, 5.41) is 3.00. The van der Waals surface area contributed by atoms with Crippen LogP contribution in [0.2, 0.25) is 0 Å². The molecule has 0 aliphatic carbocycles. The Morgan fingerprint density at radius 1 is 0.651 bits per heavy atom. The molecule has 0 radical (unpaired) electrons. The Balaban J connectivity index is 1.41. The third-order valence-electron chi connectivity index (χ3n) is 7.63. The molecule has 1 atom stereocenters. The summed E-state index contributed by atoms with van der Waals surface area (Å²) >= 11 is 0. The maximum absolute atomic E-state index is 14.0. The summed E-state index contributed by atoms with van der Waals surface area (Å²) in [6, 6.07) is 46.7. The Labute approximate surface area is 253 Å². The number of hydrogen-bond donors (Lipinski definition) is 1. The number of amides is 1. The van der Waals surface area contributed by atoms with Crippen LogP contribution in [-0.2, 0) is 32.8 Å². The fourth-order valence-electron chi connectivity index (χ4n) is 5.53. The van der Waals surface area contributed by atoms with Crippen molar-refractivity contribution in [3.8, 4) is 5.75 Å². The van der Waals surface area contributed by atoms with Crippen LogP contribution >= 0.6 is 0 Å². The molecule has 0 aliphatic rings. The molecule has 0 fully saturated rings. The number of hydrogen-bond acceptors (Lipinski definition) is 4. The van der Waals surface area contributed by atoms with Gasteiger partial charge in [-0.05, 0) is 39.9 Å². The molecule has 43 heavy (non-hydrogen) atoms. The van der Waals surface area contributed by atoms with Crippen molar-refractivity contribution in [1.29, 1.82) is 0 Å². The van der Waals surface area contributed by atoms with Gasteiger partial charge in [0.1, 0.15) is 18.4 Å². The smallest absolute Gasteiger partial charge is 0.328 e. The highest BCUT2D eigenvalue weighted by atomic mass is 16.5. The topological polar surface area (TPSA) is 64.6 Å². The number of rotatable bonds is 12. The molecule has 0 unspecified atom stereocenters. The fraction of sp³-hybridized carbons (Fsp3) is 0.158. The van der Waals surface area contributed by atoms with Crippen LogP contribution in [0, 0.1) is 0 Å². The summed E-state index contributed by atoms with van der Waals surface area (Å²) in [5.41, 5.74) is 4.09. The number of carbonyl (C=O) groups excluding carboxylic acids is 2. The molecule has 5 aromatic rings. The highest BCUT2D eigenvalue weighted by molar-refractivity contribution is 5.86. The minimum atomic E-state index is -0.873. The second kappa shape index (κ2) is 14.1. The van der Waals surface area contributed by atoms with E-state index in [9.17, 15) is 9.59 Å². The van der Waals surface area contributed by atoms with Gasteiger partial charge in [-0.1, -0.05) is 133 Å². The molecule has 0 heterocycles. The van der Waals surface area contributed by atoms with Crippen molar-refractivity contribution in [1.82, 2.24) is 5.32 Å². The van der Waals surface area contributed by atoms with Gasteiger partial charge in [0.2, 0.25) is 5.91 Å². The van der Waals surface area contributed by atoms with Crippen LogP contribution in [0.3, 0.4) is 0 Å². The van der Waals surface area contributed by atoms with Crippen molar-refractivity contribution >= 4 is 11.9 Å². The van der Waals surface area contributed by atoms with Gasteiger partial charge in [-0.25, -0.2) is 4.79 Å². The first-order valence-corrected chi connectivity index (χ1v) is 14.4. The molecular formula is C38H35NO4. The Morgan fingerprint density at radius 2 is 1.14 bits per heavy atom. The van der Waals surface area contributed by atoms with Crippen LogP contribution in [0.5, 0.6) is 5.75 Å². The molecule has 0 spiro atoms. The minimum absolute atomic E-state index is 0.0960. The summed E-state index contributed by atoms with van der Waals surface area (Å²) in [6.45, 7) is 0.433. The molecule has 0 aliphatic heterocycles. The summed E-state index contributed by atoms with van der Waals surface area (Å²) in [5.74, 6) is -0.0790. The van der Waals surface area contributed by atoms with Crippen LogP contribution in [0.25, 0.3) is 0 Å². The van der Waals surface area contributed by atoms with Crippen LogP contribution in [0.4, 0.5) is 0 Å². The van der Waals surface area contributed by atoms with E-state index in [1.165, 1.54) is 7.11 Å².